The van der Waals surface area contributed by atoms with Crippen LogP contribution in [0.1, 0.15) is 35.7 Å². The summed E-state index contributed by atoms with van der Waals surface area (Å²) in [5.74, 6) is -0.369. The molecule has 2 aromatic carbocycles. The van der Waals surface area contributed by atoms with Crippen molar-refractivity contribution in [3.63, 3.8) is 0 Å². The SMILES string of the molecule is CCCCOC(=O)c1ccc(NC(=O)NCc2ccc(Cl)cc2Cl)cc1. The molecule has 0 aromatic heterocycles. The van der Waals surface area contributed by atoms with E-state index in [-0.39, 0.29) is 18.5 Å². The van der Waals surface area contributed by atoms with E-state index in [0.717, 1.165) is 18.4 Å². The minimum Gasteiger partial charge on any atom is -0.462 e. The molecule has 0 bridgehead atoms. The van der Waals surface area contributed by atoms with Gasteiger partial charge >= 0.3 is 12.0 Å². The fourth-order valence-corrected chi connectivity index (χ4v) is 2.57. The number of unbranched alkanes of at least 4 members (excludes halogenated alkanes) is 1. The lowest BCUT2D eigenvalue weighted by atomic mass is 10.2. The van der Waals surface area contributed by atoms with Gasteiger partial charge in [0.25, 0.3) is 0 Å². The first-order valence-electron chi connectivity index (χ1n) is 8.25. The molecule has 2 N–H and O–H groups in total. The summed E-state index contributed by atoms with van der Waals surface area (Å²) in [6, 6.07) is 11.2. The Morgan fingerprint density at radius 1 is 1.08 bits per heavy atom. The first-order valence-corrected chi connectivity index (χ1v) is 9.01. The number of anilines is 1. The van der Waals surface area contributed by atoms with Crippen molar-refractivity contribution in [2.24, 2.45) is 0 Å². The van der Waals surface area contributed by atoms with Gasteiger partial charge < -0.3 is 15.4 Å². The number of esters is 1. The van der Waals surface area contributed by atoms with Crippen molar-refractivity contribution >= 4 is 40.9 Å². The summed E-state index contributed by atoms with van der Waals surface area (Å²) >= 11 is 11.9. The minimum atomic E-state index is -0.380. The lowest BCUT2D eigenvalue weighted by Crippen LogP contribution is -2.28. The Hall–Kier alpha value is -2.24. The monoisotopic (exact) mass is 394 g/mol. The smallest absolute Gasteiger partial charge is 0.338 e. The van der Waals surface area contributed by atoms with Crippen molar-refractivity contribution in [2.45, 2.75) is 26.3 Å². The van der Waals surface area contributed by atoms with Gasteiger partial charge in [-0.2, -0.15) is 0 Å². The first-order chi connectivity index (χ1) is 12.5. The van der Waals surface area contributed by atoms with Crippen LogP contribution in [0.15, 0.2) is 42.5 Å². The molecule has 0 atom stereocenters. The van der Waals surface area contributed by atoms with E-state index in [2.05, 4.69) is 10.6 Å². The predicted molar refractivity (Wildman–Crippen MR) is 104 cm³/mol. The molecule has 0 radical (unpaired) electrons. The Kier molecular flexibility index (Phi) is 7.75. The highest BCUT2D eigenvalue weighted by molar-refractivity contribution is 6.35. The summed E-state index contributed by atoms with van der Waals surface area (Å²) in [7, 11) is 0. The summed E-state index contributed by atoms with van der Waals surface area (Å²) in [4.78, 5) is 23.8. The second kappa shape index (κ2) is 10.0. The summed E-state index contributed by atoms with van der Waals surface area (Å²) in [6.45, 7) is 2.70. The van der Waals surface area contributed by atoms with Crippen LogP contribution in [-0.2, 0) is 11.3 Å². The number of rotatable bonds is 7. The average molecular weight is 395 g/mol. The van der Waals surface area contributed by atoms with Crippen LogP contribution in [0.25, 0.3) is 0 Å². The molecule has 5 nitrogen and oxygen atoms in total. The van der Waals surface area contributed by atoms with Gasteiger partial charge in [-0.05, 0) is 48.4 Å². The number of carbonyl (C=O) groups excluding carboxylic acids is 2. The topological polar surface area (TPSA) is 67.4 Å². The molecule has 0 aliphatic rings. The van der Waals surface area contributed by atoms with Gasteiger partial charge in [0.15, 0.2) is 0 Å². The van der Waals surface area contributed by atoms with E-state index in [0.29, 0.717) is 27.9 Å². The van der Waals surface area contributed by atoms with Crippen molar-refractivity contribution in [3.05, 3.63) is 63.6 Å². The lowest BCUT2D eigenvalue weighted by Gasteiger charge is -2.10. The fraction of sp³-hybridized carbons (Fsp3) is 0.263. The van der Waals surface area contributed by atoms with E-state index in [1.807, 2.05) is 6.92 Å². The normalized spacial score (nSPS) is 10.3. The molecule has 0 heterocycles. The van der Waals surface area contributed by atoms with Crippen LogP contribution in [0.5, 0.6) is 0 Å². The van der Waals surface area contributed by atoms with Crippen LogP contribution in [0.4, 0.5) is 10.5 Å². The second-order valence-corrected chi connectivity index (χ2v) is 6.45. The van der Waals surface area contributed by atoms with E-state index >= 15 is 0 Å². The quantitative estimate of drug-likeness (QED) is 0.496. The number of ether oxygens (including phenoxy) is 1. The maximum Gasteiger partial charge on any atom is 0.338 e. The third-order valence-corrected chi connectivity index (χ3v) is 4.15. The molecule has 138 valence electrons. The number of nitrogens with one attached hydrogen (secondary N) is 2. The van der Waals surface area contributed by atoms with Gasteiger partial charge in [-0.15, -0.1) is 0 Å². The lowest BCUT2D eigenvalue weighted by molar-refractivity contribution is 0.0500. The third-order valence-electron chi connectivity index (χ3n) is 3.56. The van der Waals surface area contributed by atoms with Crippen molar-refractivity contribution in [2.75, 3.05) is 11.9 Å². The minimum absolute atomic E-state index is 0.268. The Morgan fingerprint density at radius 3 is 2.46 bits per heavy atom. The molecule has 0 aliphatic carbocycles. The Balaban J connectivity index is 1.84. The highest BCUT2D eigenvalue weighted by atomic mass is 35.5. The second-order valence-electron chi connectivity index (χ2n) is 5.61. The van der Waals surface area contributed by atoms with Gasteiger partial charge in [0.2, 0.25) is 0 Å². The van der Waals surface area contributed by atoms with Crippen molar-refractivity contribution in [1.82, 2.24) is 5.32 Å². The molecular weight excluding hydrogens is 375 g/mol. The Morgan fingerprint density at radius 2 is 1.81 bits per heavy atom. The maximum atomic E-state index is 12.0. The first kappa shape index (κ1) is 20.1. The van der Waals surface area contributed by atoms with E-state index in [9.17, 15) is 9.59 Å². The largest absolute Gasteiger partial charge is 0.462 e. The summed E-state index contributed by atoms with van der Waals surface area (Å²) in [6.07, 6.45) is 1.80. The number of carbonyl (C=O) groups is 2. The zero-order chi connectivity index (χ0) is 18.9. The van der Waals surface area contributed by atoms with Crippen LogP contribution < -0.4 is 10.6 Å². The molecular formula is C19H20Cl2N2O3. The molecule has 2 amide bonds. The molecule has 0 saturated carbocycles. The van der Waals surface area contributed by atoms with Crippen LogP contribution in [0.3, 0.4) is 0 Å². The average Bonchev–Trinajstić information content (AvgIpc) is 2.61. The number of hydrogen-bond acceptors (Lipinski definition) is 3. The van der Waals surface area contributed by atoms with Gasteiger partial charge in [-0.1, -0.05) is 42.6 Å². The van der Waals surface area contributed by atoms with E-state index in [1.54, 1.807) is 42.5 Å². The van der Waals surface area contributed by atoms with Crippen LogP contribution >= 0.6 is 23.2 Å². The zero-order valence-electron chi connectivity index (χ0n) is 14.4. The molecule has 26 heavy (non-hydrogen) atoms. The van der Waals surface area contributed by atoms with Gasteiger partial charge in [0.1, 0.15) is 0 Å². The molecule has 2 aromatic rings. The molecule has 0 spiro atoms. The van der Waals surface area contributed by atoms with Gasteiger partial charge in [-0.25, -0.2) is 9.59 Å². The van der Waals surface area contributed by atoms with Crippen molar-refractivity contribution in [1.29, 1.82) is 0 Å². The maximum absolute atomic E-state index is 12.0. The number of benzene rings is 2. The van der Waals surface area contributed by atoms with Crippen LogP contribution in [0.2, 0.25) is 10.0 Å². The van der Waals surface area contributed by atoms with Crippen molar-refractivity contribution in [3.8, 4) is 0 Å². The van der Waals surface area contributed by atoms with Gasteiger partial charge in [0, 0.05) is 22.3 Å². The Labute approximate surface area is 162 Å². The molecule has 0 saturated heterocycles. The number of halogens is 2. The molecule has 7 heteroatoms. The highest BCUT2D eigenvalue weighted by Gasteiger charge is 2.08. The Bertz CT molecular complexity index is 764. The fourth-order valence-electron chi connectivity index (χ4n) is 2.10. The number of amides is 2. The van der Waals surface area contributed by atoms with Crippen LogP contribution in [0, 0.1) is 0 Å². The molecule has 2 rings (SSSR count). The standard InChI is InChI=1S/C19H20Cl2N2O3/c1-2-3-10-26-18(24)13-5-8-16(9-6-13)23-19(25)22-12-14-4-7-15(20)11-17(14)21/h4-9,11H,2-3,10,12H2,1H3,(H2,22,23,25). The van der Waals surface area contributed by atoms with Gasteiger partial charge in [-0.3, -0.25) is 0 Å². The zero-order valence-corrected chi connectivity index (χ0v) is 15.9. The van der Waals surface area contributed by atoms with E-state index in [4.69, 9.17) is 27.9 Å². The van der Waals surface area contributed by atoms with Gasteiger partial charge in [0.05, 0.1) is 12.2 Å². The molecule has 0 fully saturated rings. The van der Waals surface area contributed by atoms with Crippen LogP contribution in [-0.4, -0.2) is 18.6 Å². The highest BCUT2D eigenvalue weighted by Crippen LogP contribution is 2.20. The molecule has 0 unspecified atom stereocenters. The van der Waals surface area contributed by atoms with Crippen molar-refractivity contribution < 1.29 is 14.3 Å². The number of hydrogen-bond donors (Lipinski definition) is 2. The van der Waals surface area contributed by atoms with E-state index < -0.39 is 0 Å². The predicted octanol–water partition coefficient (Wildman–Crippen LogP) is 5.27. The third kappa shape index (κ3) is 6.24. The van der Waals surface area contributed by atoms with E-state index in [1.165, 1.54) is 0 Å². The molecule has 0 aliphatic heterocycles. The summed E-state index contributed by atoms with van der Waals surface area (Å²) < 4.78 is 5.14. The summed E-state index contributed by atoms with van der Waals surface area (Å²) in [5.41, 5.74) is 1.77. The summed E-state index contributed by atoms with van der Waals surface area (Å²) in [5, 5.41) is 6.43. The number of urea groups is 1.